The van der Waals surface area contributed by atoms with Gasteiger partial charge in [0.25, 0.3) is 0 Å². The van der Waals surface area contributed by atoms with Gasteiger partial charge in [0.15, 0.2) is 5.96 Å². The van der Waals surface area contributed by atoms with E-state index < -0.39 is 10.8 Å². The number of benzene rings is 1. The summed E-state index contributed by atoms with van der Waals surface area (Å²) in [5.41, 5.74) is 1.07. The van der Waals surface area contributed by atoms with E-state index in [-0.39, 0.29) is 0 Å². The van der Waals surface area contributed by atoms with Gasteiger partial charge in [-0.1, -0.05) is 13.3 Å². The molecule has 3 unspecified atom stereocenters. The van der Waals surface area contributed by atoms with Gasteiger partial charge in [-0.25, -0.2) is 4.99 Å². The molecule has 0 saturated heterocycles. The lowest BCUT2D eigenvalue weighted by molar-refractivity contribution is 0.207. The van der Waals surface area contributed by atoms with E-state index in [9.17, 15) is 4.21 Å². The summed E-state index contributed by atoms with van der Waals surface area (Å²) in [6.45, 7) is 5.43. The van der Waals surface area contributed by atoms with Crippen LogP contribution < -0.4 is 20.1 Å². The quantitative estimate of drug-likeness (QED) is 0.438. The first-order chi connectivity index (χ1) is 15.1. The monoisotopic (exact) mass is 449 g/mol. The van der Waals surface area contributed by atoms with Crippen molar-refractivity contribution >= 4 is 16.8 Å². The van der Waals surface area contributed by atoms with Crippen LogP contribution in [-0.4, -0.2) is 47.0 Å². The minimum Gasteiger partial charge on any atom is -0.497 e. The van der Waals surface area contributed by atoms with Crippen LogP contribution in [0, 0.1) is 0 Å². The minimum atomic E-state index is -0.724. The predicted molar refractivity (Wildman–Crippen MR) is 129 cm³/mol. The molecule has 2 N–H and O–H groups in total. The van der Waals surface area contributed by atoms with Crippen LogP contribution in [0.1, 0.15) is 70.8 Å². The summed E-state index contributed by atoms with van der Waals surface area (Å²) in [4.78, 5) is 4.86. The highest BCUT2D eigenvalue weighted by atomic mass is 32.2. The molecule has 3 rings (SSSR count). The fraction of sp³-hybridized carbons (Fsp3) is 0.708. The largest absolute Gasteiger partial charge is 0.497 e. The number of hydrogen-bond acceptors (Lipinski definition) is 4. The fourth-order valence-corrected chi connectivity index (χ4v) is 5.86. The molecule has 0 amide bonds. The zero-order valence-electron chi connectivity index (χ0n) is 19.3. The van der Waals surface area contributed by atoms with E-state index >= 15 is 0 Å². The molecule has 1 aromatic carbocycles. The highest BCUT2D eigenvalue weighted by Gasteiger charge is 2.26. The molecule has 2 fully saturated rings. The molecule has 7 heteroatoms. The summed E-state index contributed by atoms with van der Waals surface area (Å²) in [5.74, 6) is 3.25. The van der Waals surface area contributed by atoms with Crippen molar-refractivity contribution in [3.8, 4) is 11.5 Å². The number of nitrogens with one attached hydrogen (secondary N) is 2. The Kier molecular flexibility index (Phi) is 9.50. The van der Waals surface area contributed by atoms with Crippen LogP contribution in [0.3, 0.4) is 0 Å². The summed E-state index contributed by atoms with van der Waals surface area (Å²) >= 11 is 0. The molecular weight excluding hydrogens is 410 g/mol. The van der Waals surface area contributed by atoms with Crippen molar-refractivity contribution < 1.29 is 13.7 Å². The summed E-state index contributed by atoms with van der Waals surface area (Å²) < 4.78 is 24.0. The maximum atomic E-state index is 12.3. The van der Waals surface area contributed by atoms with E-state index in [1.165, 1.54) is 12.8 Å². The van der Waals surface area contributed by atoms with Crippen molar-refractivity contribution in [2.75, 3.05) is 19.4 Å². The lowest BCUT2D eigenvalue weighted by Gasteiger charge is -2.30. The summed E-state index contributed by atoms with van der Waals surface area (Å²) in [6, 6.07) is 6.32. The average Bonchev–Trinajstić information content (AvgIpc) is 3.31. The van der Waals surface area contributed by atoms with E-state index in [2.05, 4.69) is 23.6 Å². The van der Waals surface area contributed by atoms with Crippen molar-refractivity contribution in [2.24, 2.45) is 4.99 Å². The lowest BCUT2D eigenvalue weighted by Crippen LogP contribution is -2.46. The number of hydrogen-bond donors (Lipinski definition) is 2. The topological polar surface area (TPSA) is 72.0 Å². The van der Waals surface area contributed by atoms with Crippen LogP contribution in [0.5, 0.6) is 11.5 Å². The average molecular weight is 450 g/mol. The van der Waals surface area contributed by atoms with Gasteiger partial charge in [-0.2, -0.15) is 0 Å². The molecule has 0 bridgehead atoms. The van der Waals surface area contributed by atoms with Crippen LogP contribution in [-0.2, 0) is 17.3 Å². The van der Waals surface area contributed by atoms with Gasteiger partial charge in [0.1, 0.15) is 11.5 Å². The first-order valence-corrected chi connectivity index (χ1v) is 13.3. The van der Waals surface area contributed by atoms with Gasteiger partial charge >= 0.3 is 0 Å². The van der Waals surface area contributed by atoms with Gasteiger partial charge < -0.3 is 20.1 Å². The third-order valence-corrected chi connectivity index (χ3v) is 7.99. The molecule has 0 aliphatic heterocycles. The van der Waals surface area contributed by atoms with Gasteiger partial charge in [-0.05, 0) is 64.0 Å². The maximum absolute atomic E-state index is 12.3. The first-order valence-electron chi connectivity index (χ1n) is 11.9. The zero-order chi connectivity index (χ0) is 22.1. The van der Waals surface area contributed by atoms with Crippen LogP contribution in [0.25, 0.3) is 0 Å². The van der Waals surface area contributed by atoms with E-state index in [0.29, 0.717) is 23.9 Å². The van der Waals surface area contributed by atoms with Gasteiger partial charge in [0.05, 0.1) is 19.8 Å². The fourth-order valence-electron chi connectivity index (χ4n) is 4.52. The predicted octanol–water partition coefficient (Wildman–Crippen LogP) is 4.15. The normalized spacial score (nSPS) is 23.4. The number of guanidine groups is 1. The Bertz CT molecular complexity index is 750. The van der Waals surface area contributed by atoms with Crippen molar-refractivity contribution in [2.45, 2.75) is 89.2 Å². The van der Waals surface area contributed by atoms with Crippen LogP contribution in [0.15, 0.2) is 23.2 Å². The molecule has 0 radical (unpaired) electrons. The second kappa shape index (κ2) is 12.3. The van der Waals surface area contributed by atoms with Crippen LogP contribution in [0.2, 0.25) is 0 Å². The number of nitrogens with zero attached hydrogens (tertiary/aromatic N) is 1. The highest BCUT2D eigenvalue weighted by Crippen LogP contribution is 2.30. The molecule has 1 aromatic rings. The Morgan fingerprint density at radius 3 is 2.68 bits per heavy atom. The Morgan fingerprint density at radius 2 is 1.97 bits per heavy atom. The van der Waals surface area contributed by atoms with Gasteiger partial charge in [-0.15, -0.1) is 0 Å². The minimum absolute atomic E-state index is 0.291. The van der Waals surface area contributed by atoms with Crippen LogP contribution in [0.4, 0.5) is 0 Å². The standard InChI is InChI=1S/C24H39N3O3S/c1-4-25-24(27-19-9-8-12-22(15-19)31(28)5-2)26-17-18-13-14-21(29-3)16-23(18)30-20-10-6-7-11-20/h13-14,16,19-20,22H,4-12,15,17H2,1-3H3,(H2,25,26,27). The summed E-state index contributed by atoms with van der Waals surface area (Å²) in [5, 5.41) is 7.26. The van der Waals surface area contributed by atoms with Crippen molar-refractivity contribution in [1.29, 1.82) is 0 Å². The zero-order valence-corrected chi connectivity index (χ0v) is 20.1. The molecule has 2 aliphatic rings. The van der Waals surface area contributed by atoms with E-state index in [0.717, 1.165) is 73.8 Å². The molecule has 6 nitrogen and oxygen atoms in total. The Balaban J connectivity index is 1.68. The Hall–Kier alpha value is -1.76. The molecule has 2 saturated carbocycles. The molecule has 0 heterocycles. The first kappa shape index (κ1) is 23.9. The number of ether oxygens (including phenoxy) is 2. The third kappa shape index (κ3) is 7.13. The van der Waals surface area contributed by atoms with E-state index in [1.807, 2.05) is 19.1 Å². The summed E-state index contributed by atoms with van der Waals surface area (Å²) in [6.07, 6.45) is 9.23. The lowest BCUT2D eigenvalue weighted by atomic mass is 9.95. The van der Waals surface area contributed by atoms with Crippen LogP contribution >= 0.6 is 0 Å². The van der Waals surface area contributed by atoms with Crippen molar-refractivity contribution in [3.05, 3.63) is 23.8 Å². The van der Waals surface area contributed by atoms with Gasteiger partial charge in [-0.3, -0.25) is 4.21 Å². The highest BCUT2D eigenvalue weighted by molar-refractivity contribution is 7.85. The molecule has 2 aliphatic carbocycles. The molecular formula is C24H39N3O3S. The second-order valence-electron chi connectivity index (χ2n) is 8.49. The Labute approximate surface area is 190 Å². The van der Waals surface area contributed by atoms with Gasteiger partial charge in [0, 0.05) is 46.0 Å². The van der Waals surface area contributed by atoms with Crippen molar-refractivity contribution in [1.82, 2.24) is 10.6 Å². The maximum Gasteiger partial charge on any atom is 0.191 e. The van der Waals surface area contributed by atoms with E-state index in [1.54, 1.807) is 7.11 Å². The molecule has 0 aromatic heterocycles. The third-order valence-electron chi connectivity index (χ3n) is 6.25. The number of aliphatic imine (C=N–C) groups is 1. The molecule has 31 heavy (non-hydrogen) atoms. The number of methoxy groups -OCH3 is 1. The molecule has 174 valence electrons. The molecule has 3 atom stereocenters. The SMILES string of the molecule is CCNC(=NCc1ccc(OC)cc1OC1CCCC1)NC1CCCC(S(=O)CC)C1. The smallest absolute Gasteiger partial charge is 0.191 e. The summed E-state index contributed by atoms with van der Waals surface area (Å²) in [7, 11) is 0.959. The van der Waals surface area contributed by atoms with Gasteiger partial charge in [0.2, 0.25) is 0 Å². The Morgan fingerprint density at radius 1 is 1.16 bits per heavy atom. The van der Waals surface area contributed by atoms with E-state index in [4.69, 9.17) is 14.5 Å². The number of rotatable bonds is 9. The van der Waals surface area contributed by atoms with Crippen molar-refractivity contribution in [3.63, 3.8) is 0 Å². The molecule has 0 spiro atoms. The second-order valence-corrected chi connectivity index (χ2v) is 10.5.